The molecule has 23 heteroatoms. The molecule has 1 aromatic carbocycles. The van der Waals surface area contributed by atoms with Crippen LogP contribution in [-0.4, -0.2) is 121 Å². The van der Waals surface area contributed by atoms with E-state index in [9.17, 15) is 38.4 Å². The fraction of sp³-hybridized carbons (Fsp3) is 0.730. The number of ketones is 1. The molecule has 7 N–H and O–H groups in total. The molecule has 0 spiro atoms. The normalized spacial score (nSPS) is 12.5. The standard InChI is InChI=1S/C60H105N7O10.3CO2/c1-56(2,3)39-38-47(58(7,8)9)67-54(74)66-46(57(4,5)6)36-37-49(69)62-40-25-18-16-17-22-34-50(70)64-45(33-24-27-42-63-55(75)77-60(13,14)15)52(72)65-44(51(71)53(73)76-59(10,11)12)32-23-26-41-61-48(68)35-28-31-43-29-20-19-21-30-43;3*2-1-3/h19-21,29-30,44-47H,16-18,22-28,31-42H2,1-15H3,(H,61,68)(H,62,69)(H,63,75)(H,64,70)(H,65,72)(H2,66,67,74);;;/t44-,45-,46-,47-;;;/m0.../s1. The van der Waals surface area contributed by atoms with Crippen molar-refractivity contribution >= 4 is 66.0 Å². The predicted octanol–water partition coefficient (Wildman–Crippen LogP) is 8.31. The monoisotopic (exact) mass is 1220 g/mol. The van der Waals surface area contributed by atoms with Gasteiger partial charge in [-0.25, -0.2) is 14.4 Å². The van der Waals surface area contributed by atoms with Crippen molar-refractivity contribution in [2.75, 3.05) is 19.6 Å². The molecule has 7 amide bonds. The molecule has 0 fully saturated rings. The van der Waals surface area contributed by atoms with E-state index in [2.05, 4.69) is 99.5 Å². The van der Waals surface area contributed by atoms with Gasteiger partial charge >= 0.3 is 36.5 Å². The first-order valence-electron chi connectivity index (χ1n) is 29.9. The number of rotatable bonds is 34. The minimum absolute atomic E-state index is 0.00115. The van der Waals surface area contributed by atoms with Gasteiger partial charge in [-0.05, 0) is 147 Å². The van der Waals surface area contributed by atoms with Crippen molar-refractivity contribution in [2.45, 2.75) is 261 Å². The molecule has 0 radical (unpaired) electrons. The number of nitrogens with one attached hydrogen (secondary N) is 7. The quantitative estimate of drug-likeness (QED) is 0.0194. The molecule has 1 rings (SSSR count). The van der Waals surface area contributed by atoms with Crippen molar-refractivity contribution < 1.29 is 76.6 Å². The average Bonchev–Trinajstić information content (AvgIpc) is 3.60. The van der Waals surface area contributed by atoms with Crippen molar-refractivity contribution in [1.82, 2.24) is 37.2 Å². The van der Waals surface area contributed by atoms with Crippen molar-refractivity contribution in [1.29, 1.82) is 0 Å². The smallest absolute Gasteiger partial charge is 0.407 e. The Bertz CT molecular complexity index is 2230. The average molecular weight is 1220 g/mol. The summed E-state index contributed by atoms with van der Waals surface area (Å²) in [5.74, 6) is -3.11. The number of carbonyl (C=O) groups excluding carboxylic acids is 14. The van der Waals surface area contributed by atoms with Crippen LogP contribution < -0.4 is 37.2 Å². The fourth-order valence-corrected chi connectivity index (χ4v) is 8.32. The van der Waals surface area contributed by atoms with E-state index in [1.165, 1.54) is 0 Å². The minimum Gasteiger partial charge on any atom is -0.454 e. The maximum absolute atomic E-state index is 14.0. The molecule has 1 aromatic rings. The van der Waals surface area contributed by atoms with Gasteiger partial charge in [-0.1, -0.05) is 112 Å². The first-order valence-corrected chi connectivity index (χ1v) is 29.9. The number of aryl methyl sites for hydroxylation is 1. The lowest BCUT2D eigenvalue weighted by molar-refractivity contribution is -0.193. The van der Waals surface area contributed by atoms with Gasteiger partial charge < -0.3 is 46.7 Å². The summed E-state index contributed by atoms with van der Waals surface area (Å²) in [4.78, 5) is 154. The number of ether oxygens (including phenoxy) is 2. The van der Waals surface area contributed by atoms with Crippen molar-refractivity contribution in [3.05, 3.63) is 35.9 Å². The summed E-state index contributed by atoms with van der Waals surface area (Å²) in [5.41, 5.74) is -0.669. The molecular weight excluding hydrogens is 1110 g/mol. The van der Waals surface area contributed by atoms with E-state index in [4.69, 9.17) is 38.2 Å². The van der Waals surface area contributed by atoms with Gasteiger partial charge in [0, 0.05) is 51.0 Å². The van der Waals surface area contributed by atoms with Crippen LogP contribution >= 0.6 is 0 Å². The van der Waals surface area contributed by atoms with Crippen LogP contribution in [0.1, 0.15) is 225 Å². The van der Waals surface area contributed by atoms with Crippen molar-refractivity contribution in [2.24, 2.45) is 16.2 Å². The van der Waals surface area contributed by atoms with Gasteiger partial charge in [0.1, 0.15) is 17.2 Å². The highest BCUT2D eigenvalue weighted by Gasteiger charge is 2.34. The third-order valence-corrected chi connectivity index (χ3v) is 12.9. The lowest BCUT2D eigenvalue weighted by atomic mass is 9.79. The highest BCUT2D eigenvalue weighted by Crippen LogP contribution is 2.29. The number of unbranched alkanes of at least 4 members (excludes halogenated alkanes) is 6. The predicted molar refractivity (Wildman–Crippen MR) is 321 cm³/mol. The molecule has 488 valence electrons. The van der Waals surface area contributed by atoms with Gasteiger partial charge in [0.05, 0.1) is 6.04 Å². The second kappa shape index (κ2) is 45.3. The van der Waals surface area contributed by atoms with E-state index >= 15 is 0 Å². The summed E-state index contributed by atoms with van der Waals surface area (Å²) < 4.78 is 10.7. The number of benzene rings is 1. The summed E-state index contributed by atoms with van der Waals surface area (Å²) in [6.07, 6.45) is 10.7. The van der Waals surface area contributed by atoms with Gasteiger partial charge in [0.2, 0.25) is 23.6 Å². The highest BCUT2D eigenvalue weighted by molar-refractivity contribution is 6.36. The minimum atomic E-state index is -1.23. The molecule has 0 unspecified atom stereocenters. The van der Waals surface area contributed by atoms with E-state index in [0.29, 0.717) is 64.5 Å². The van der Waals surface area contributed by atoms with Crippen LogP contribution in [0.2, 0.25) is 0 Å². The Hall–Kier alpha value is -7.08. The van der Waals surface area contributed by atoms with Crippen LogP contribution in [0, 0.1) is 16.2 Å². The maximum atomic E-state index is 14.0. The highest BCUT2D eigenvalue weighted by atomic mass is 16.6. The lowest BCUT2D eigenvalue weighted by Crippen LogP contribution is -2.53. The Balaban J connectivity index is -0.00000716. The summed E-state index contributed by atoms with van der Waals surface area (Å²) in [6, 6.07) is 7.25. The zero-order chi connectivity index (χ0) is 66.6. The second-order valence-electron chi connectivity index (χ2n) is 26.4. The Morgan fingerprint density at radius 1 is 0.442 bits per heavy atom. The molecule has 0 heterocycles. The zero-order valence-electron chi connectivity index (χ0n) is 54.3. The first kappa shape index (κ1) is 83.1. The molecule has 23 nitrogen and oxygen atoms in total. The third kappa shape index (κ3) is 49.2. The molecular formula is C63H105N7O16. The van der Waals surface area contributed by atoms with Crippen LogP contribution in [-0.2, 0) is 73.4 Å². The number of hydrogen-bond acceptors (Lipinski definition) is 16. The third-order valence-electron chi connectivity index (χ3n) is 12.9. The van der Waals surface area contributed by atoms with E-state index in [0.717, 1.165) is 50.5 Å². The van der Waals surface area contributed by atoms with Gasteiger partial charge in [-0.2, -0.15) is 28.8 Å². The zero-order valence-corrected chi connectivity index (χ0v) is 54.3. The maximum Gasteiger partial charge on any atom is 0.407 e. The molecule has 0 aliphatic carbocycles. The van der Waals surface area contributed by atoms with E-state index in [-0.39, 0.29) is 103 Å². The Labute approximate surface area is 511 Å². The number of carbonyl (C=O) groups is 8. The number of alkyl carbamates (subject to hydrolysis) is 1. The summed E-state index contributed by atoms with van der Waals surface area (Å²) >= 11 is 0. The molecule has 0 saturated carbocycles. The van der Waals surface area contributed by atoms with Gasteiger partial charge in [-0.3, -0.25) is 24.0 Å². The van der Waals surface area contributed by atoms with Crippen LogP contribution in [0.25, 0.3) is 0 Å². The number of urea groups is 1. The second-order valence-corrected chi connectivity index (χ2v) is 26.4. The molecule has 0 bridgehead atoms. The van der Waals surface area contributed by atoms with Crippen molar-refractivity contribution in [3.63, 3.8) is 0 Å². The summed E-state index contributed by atoms with van der Waals surface area (Å²) in [5, 5.41) is 20.6. The largest absolute Gasteiger partial charge is 0.454 e. The summed E-state index contributed by atoms with van der Waals surface area (Å²) in [7, 11) is 0. The molecule has 0 saturated heterocycles. The van der Waals surface area contributed by atoms with E-state index in [1.54, 1.807) is 41.5 Å². The number of amides is 7. The Morgan fingerprint density at radius 2 is 0.872 bits per heavy atom. The number of esters is 1. The molecule has 0 aliphatic rings. The van der Waals surface area contributed by atoms with E-state index < -0.39 is 47.0 Å². The number of hydrogen-bond donors (Lipinski definition) is 7. The first-order chi connectivity index (χ1) is 39.9. The summed E-state index contributed by atoms with van der Waals surface area (Å²) in [6.45, 7) is 30.6. The lowest BCUT2D eigenvalue weighted by Gasteiger charge is -2.36. The number of Topliss-reactive ketones (excluding diaryl/α,β-unsaturated/α-hetero) is 1. The molecule has 0 aliphatic heterocycles. The van der Waals surface area contributed by atoms with Crippen LogP contribution in [0.15, 0.2) is 30.3 Å². The molecule has 0 aromatic heterocycles. The van der Waals surface area contributed by atoms with Gasteiger partial charge in [0.15, 0.2) is 0 Å². The van der Waals surface area contributed by atoms with E-state index in [1.807, 2.05) is 30.3 Å². The Kier molecular flexibility index (Phi) is 43.8. The van der Waals surface area contributed by atoms with Gasteiger partial charge in [-0.15, -0.1) is 0 Å². The van der Waals surface area contributed by atoms with Crippen molar-refractivity contribution in [3.8, 4) is 0 Å². The van der Waals surface area contributed by atoms with Crippen LogP contribution in [0.5, 0.6) is 0 Å². The molecule has 86 heavy (non-hydrogen) atoms. The fourth-order valence-electron chi connectivity index (χ4n) is 8.32. The van der Waals surface area contributed by atoms with Crippen LogP contribution in [0.3, 0.4) is 0 Å². The molecule has 4 atom stereocenters. The van der Waals surface area contributed by atoms with Crippen LogP contribution in [0.4, 0.5) is 9.59 Å². The Morgan fingerprint density at radius 3 is 1.36 bits per heavy atom. The topological polar surface area (TPSA) is 342 Å². The SMILES string of the molecule is CC(C)(C)CC[C@H](NC(=O)N[C@@H](CCC(=O)NCCCCCCCC(=O)N[C@@H](CCCCNC(=O)OC(C)(C)C)C(=O)N[C@@H](CCCCNC(=O)CCCc1ccccc1)C(=O)C(=O)OC(C)(C)C)C(C)(C)C)C(C)(C)C.O=C=O.O=C=O.O=C=O. The van der Waals surface area contributed by atoms with Gasteiger partial charge in [0.25, 0.3) is 5.78 Å².